The molecule has 35 heavy (non-hydrogen) atoms. The highest BCUT2D eigenvalue weighted by molar-refractivity contribution is 5.95. The smallest absolute Gasteiger partial charge is 0.254 e. The predicted molar refractivity (Wildman–Crippen MR) is 135 cm³/mol. The summed E-state index contributed by atoms with van der Waals surface area (Å²) in [6, 6.07) is 17.4. The van der Waals surface area contributed by atoms with E-state index in [0.717, 1.165) is 24.3 Å². The van der Waals surface area contributed by atoms with Gasteiger partial charge in [0, 0.05) is 35.6 Å². The fourth-order valence-corrected chi connectivity index (χ4v) is 10.3. The molecular formula is C31H36N2O2. The molecular weight excluding hydrogens is 432 g/mol. The molecule has 1 amide bonds. The molecule has 2 aliphatic heterocycles. The SMILES string of the molecule is C[C@@H]1[C@H]2CC34CCC(C2C32CCN(CC3CC3)C4Cc3ccc(O)cc32)N1C(=O)c1ccccc1. The number of aromatic hydroxyl groups is 1. The quantitative estimate of drug-likeness (QED) is 0.690. The Labute approximate surface area is 208 Å². The van der Waals surface area contributed by atoms with Gasteiger partial charge in [0.05, 0.1) is 0 Å². The minimum Gasteiger partial charge on any atom is -0.508 e. The summed E-state index contributed by atoms with van der Waals surface area (Å²) in [6.07, 6.45) is 8.73. The average Bonchev–Trinajstić information content (AvgIpc) is 3.60. The molecule has 4 bridgehead atoms. The second-order valence-electron chi connectivity index (χ2n) is 12.7. The van der Waals surface area contributed by atoms with Gasteiger partial charge in [-0.15, -0.1) is 0 Å². The van der Waals surface area contributed by atoms with Gasteiger partial charge in [0.15, 0.2) is 0 Å². The van der Waals surface area contributed by atoms with Crippen molar-refractivity contribution in [2.45, 2.75) is 75.4 Å². The minimum atomic E-state index is 0.0948. The molecule has 6 aliphatic rings. The van der Waals surface area contributed by atoms with E-state index in [1.54, 1.807) is 0 Å². The summed E-state index contributed by atoms with van der Waals surface area (Å²) in [6.45, 7) is 4.79. The van der Waals surface area contributed by atoms with Gasteiger partial charge in [-0.3, -0.25) is 9.69 Å². The summed E-state index contributed by atoms with van der Waals surface area (Å²) in [7, 11) is 0. The number of hydrogen-bond donors (Lipinski definition) is 1. The molecule has 8 rings (SSSR count). The van der Waals surface area contributed by atoms with E-state index in [9.17, 15) is 9.90 Å². The third kappa shape index (κ3) is 2.50. The number of nitrogens with zero attached hydrogens (tertiary/aromatic N) is 2. The van der Waals surface area contributed by atoms with Gasteiger partial charge in [-0.2, -0.15) is 0 Å². The van der Waals surface area contributed by atoms with Crippen molar-refractivity contribution in [1.82, 2.24) is 9.80 Å². The van der Waals surface area contributed by atoms with Crippen molar-refractivity contribution in [3.05, 3.63) is 65.2 Å². The van der Waals surface area contributed by atoms with Crippen LogP contribution in [0.5, 0.6) is 5.75 Å². The van der Waals surface area contributed by atoms with Crippen LogP contribution in [0, 0.1) is 23.2 Å². The van der Waals surface area contributed by atoms with E-state index in [1.807, 2.05) is 36.4 Å². The largest absolute Gasteiger partial charge is 0.508 e. The van der Waals surface area contributed by atoms with Crippen LogP contribution >= 0.6 is 0 Å². The fourth-order valence-electron chi connectivity index (χ4n) is 10.3. The maximum Gasteiger partial charge on any atom is 0.254 e. The van der Waals surface area contributed by atoms with Crippen LogP contribution in [0.2, 0.25) is 0 Å². The van der Waals surface area contributed by atoms with Crippen LogP contribution < -0.4 is 0 Å². The zero-order chi connectivity index (χ0) is 23.5. The molecule has 2 heterocycles. The molecule has 2 aromatic carbocycles. The molecule has 5 unspecified atom stereocenters. The molecule has 7 atom stereocenters. The molecule has 3 saturated carbocycles. The second-order valence-corrected chi connectivity index (χ2v) is 12.7. The first-order chi connectivity index (χ1) is 17.0. The lowest BCUT2D eigenvalue weighted by Crippen LogP contribution is -2.70. The van der Waals surface area contributed by atoms with Crippen LogP contribution in [-0.4, -0.2) is 52.0 Å². The minimum absolute atomic E-state index is 0.0948. The Bertz CT molecular complexity index is 1210. The second kappa shape index (κ2) is 6.91. The van der Waals surface area contributed by atoms with E-state index in [4.69, 9.17) is 0 Å². The summed E-state index contributed by atoms with van der Waals surface area (Å²) in [4.78, 5) is 19.1. The molecule has 1 N–H and O–H groups in total. The summed E-state index contributed by atoms with van der Waals surface area (Å²) in [5, 5.41) is 10.7. The molecule has 4 aliphatic carbocycles. The number of amides is 1. The van der Waals surface area contributed by atoms with Gasteiger partial charge in [-0.05, 0) is 117 Å². The van der Waals surface area contributed by atoms with E-state index in [2.05, 4.69) is 28.9 Å². The summed E-state index contributed by atoms with van der Waals surface area (Å²) in [5.41, 5.74) is 4.12. The Morgan fingerprint density at radius 1 is 1.09 bits per heavy atom. The van der Waals surface area contributed by atoms with Crippen LogP contribution in [0.15, 0.2) is 48.5 Å². The number of likely N-dealkylation sites (tertiary alicyclic amines) is 2. The average molecular weight is 469 g/mol. The Morgan fingerprint density at radius 3 is 2.71 bits per heavy atom. The van der Waals surface area contributed by atoms with E-state index < -0.39 is 0 Å². The first-order valence-corrected chi connectivity index (χ1v) is 14.0. The maximum atomic E-state index is 13.9. The van der Waals surface area contributed by atoms with Crippen LogP contribution in [-0.2, 0) is 11.8 Å². The van der Waals surface area contributed by atoms with Crippen molar-refractivity contribution in [2.75, 3.05) is 13.1 Å². The van der Waals surface area contributed by atoms with Crippen molar-refractivity contribution < 1.29 is 9.90 Å². The molecule has 5 fully saturated rings. The third-order valence-corrected chi connectivity index (χ3v) is 11.5. The number of phenols is 1. The van der Waals surface area contributed by atoms with Crippen molar-refractivity contribution in [3.8, 4) is 5.75 Å². The molecule has 4 nitrogen and oxygen atoms in total. The summed E-state index contributed by atoms with van der Waals surface area (Å²) < 4.78 is 0. The lowest BCUT2D eigenvalue weighted by Gasteiger charge is -2.66. The van der Waals surface area contributed by atoms with Crippen molar-refractivity contribution in [2.24, 2.45) is 23.2 Å². The number of carbonyl (C=O) groups is 1. The highest BCUT2D eigenvalue weighted by Crippen LogP contribution is 2.76. The van der Waals surface area contributed by atoms with Gasteiger partial charge in [0.2, 0.25) is 0 Å². The molecule has 182 valence electrons. The Hall–Kier alpha value is -2.33. The summed E-state index contributed by atoms with van der Waals surface area (Å²) >= 11 is 0. The fraction of sp³-hybridized carbons (Fsp3) is 0.581. The normalized spacial score (nSPS) is 40.9. The van der Waals surface area contributed by atoms with E-state index in [-0.39, 0.29) is 17.4 Å². The number of phenolic OH excluding ortho intramolecular Hbond substituents is 1. The first-order valence-electron chi connectivity index (χ1n) is 14.0. The van der Waals surface area contributed by atoms with Gasteiger partial charge < -0.3 is 10.0 Å². The number of fused-ring (bicyclic) bond motifs is 1. The lowest BCUT2D eigenvalue weighted by atomic mass is 9.43. The number of piperidine rings is 1. The number of carbonyl (C=O) groups excluding carboxylic acids is 1. The van der Waals surface area contributed by atoms with Crippen LogP contribution in [0.4, 0.5) is 0 Å². The molecule has 0 aromatic heterocycles. The van der Waals surface area contributed by atoms with Crippen LogP contribution in [0.1, 0.15) is 66.9 Å². The number of rotatable bonds is 3. The first kappa shape index (κ1) is 20.8. The highest BCUT2D eigenvalue weighted by atomic mass is 16.3. The van der Waals surface area contributed by atoms with Gasteiger partial charge in [-0.1, -0.05) is 24.3 Å². The third-order valence-electron chi connectivity index (χ3n) is 11.5. The Kier molecular flexibility index (Phi) is 4.11. The van der Waals surface area contributed by atoms with E-state index >= 15 is 0 Å². The van der Waals surface area contributed by atoms with Gasteiger partial charge in [-0.25, -0.2) is 0 Å². The van der Waals surface area contributed by atoms with Gasteiger partial charge in [0.25, 0.3) is 5.91 Å². The topological polar surface area (TPSA) is 43.8 Å². The standard InChI is InChI=1S/C31H36N2O2/c1-19-24-17-30-12-11-26(33(19)29(35)21-5-3-2-4-6-21)28(24)31(30)13-14-32(18-20-7-8-20)27(30)15-22-9-10-23(34)16-25(22)31/h2-6,9-10,16,19-20,24,26-28,34H,7-8,11-15,17-18H2,1H3/t19-,24-,26?,27?,28?,30?,31?/m1/s1. The molecule has 2 aromatic rings. The molecule has 0 radical (unpaired) electrons. The number of benzene rings is 2. The summed E-state index contributed by atoms with van der Waals surface area (Å²) in [5.74, 6) is 2.60. The van der Waals surface area contributed by atoms with Crippen molar-refractivity contribution in [1.29, 1.82) is 0 Å². The Balaban J connectivity index is 1.27. The van der Waals surface area contributed by atoms with Gasteiger partial charge >= 0.3 is 0 Å². The maximum absolute atomic E-state index is 13.9. The monoisotopic (exact) mass is 468 g/mol. The highest BCUT2D eigenvalue weighted by Gasteiger charge is 2.77. The van der Waals surface area contributed by atoms with Crippen molar-refractivity contribution in [3.63, 3.8) is 0 Å². The van der Waals surface area contributed by atoms with E-state index in [0.29, 0.717) is 35.1 Å². The Morgan fingerprint density at radius 2 is 1.91 bits per heavy atom. The van der Waals surface area contributed by atoms with E-state index in [1.165, 1.54) is 56.3 Å². The van der Waals surface area contributed by atoms with Gasteiger partial charge in [0.1, 0.15) is 5.75 Å². The zero-order valence-corrected chi connectivity index (χ0v) is 20.7. The molecule has 0 spiro atoms. The lowest BCUT2D eigenvalue weighted by molar-refractivity contribution is -0.103. The van der Waals surface area contributed by atoms with Crippen LogP contribution in [0.3, 0.4) is 0 Å². The molecule has 2 saturated heterocycles. The number of hydrogen-bond acceptors (Lipinski definition) is 3. The molecule has 4 heteroatoms. The van der Waals surface area contributed by atoms with Crippen LogP contribution in [0.25, 0.3) is 0 Å². The predicted octanol–water partition coefficient (Wildman–Crippen LogP) is 5.00. The zero-order valence-electron chi connectivity index (χ0n) is 20.7. The van der Waals surface area contributed by atoms with Crippen molar-refractivity contribution >= 4 is 5.91 Å².